The van der Waals surface area contributed by atoms with Crippen LogP contribution in [0.4, 0.5) is 0 Å². The van der Waals surface area contributed by atoms with Crippen LogP contribution in [0.15, 0.2) is 5.38 Å². The molecule has 1 saturated carbocycles. The molecule has 0 radical (unpaired) electrons. The van der Waals surface area contributed by atoms with Crippen LogP contribution in [0, 0.1) is 0 Å². The third-order valence-electron chi connectivity index (χ3n) is 2.00. The number of aromatic nitrogens is 1. The highest BCUT2D eigenvalue weighted by molar-refractivity contribution is 7.09. The molecule has 2 nitrogen and oxygen atoms in total. The van der Waals surface area contributed by atoms with E-state index in [4.69, 9.17) is 5.11 Å². The van der Waals surface area contributed by atoms with Gasteiger partial charge in [0.15, 0.2) is 0 Å². The van der Waals surface area contributed by atoms with Crippen molar-refractivity contribution in [2.75, 3.05) is 0 Å². The van der Waals surface area contributed by atoms with Crippen molar-refractivity contribution in [1.82, 2.24) is 4.98 Å². The predicted molar refractivity (Wildman–Crippen MR) is 49.5 cm³/mol. The summed E-state index contributed by atoms with van der Waals surface area (Å²) < 4.78 is 0. The maximum atomic E-state index is 9.13. The molecule has 0 amide bonds. The summed E-state index contributed by atoms with van der Waals surface area (Å²) in [6.07, 6.45) is 3.05. The number of nitrogens with zero attached hydrogens (tertiary/aromatic N) is 1. The summed E-state index contributed by atoms with van der Waals surface area (Å²) in [4.78, 5) is 4.47. The highest BCUT2D eigenvalue weighted by Gasteiger charge is 2.26. The first-order valence-corrected chi connectivity index (χ1v) is 5.26. The number of hydrogen-bond acceptors (Lipinski definition) is 3. The van der Waals surface area contributed by atoms with Gasteiger partial charge in [0, 0.05) is 17.7 Å². The molecule has 1 aromatic rings. The second kappa shape index (κ2) is 3.15. The van der Waals surface area contributed by atoms with Crippen LogP contribution in [0.25, 0.3) is 0 Å². The normalized spacial score (nSPS) is 19.5. The fourth-order valence-electron chi connectivity index (χ4n) is 1.24. The van der Waals surface area contributed by atoms with Crippen LogP contribution in [-0.4, -0.2) is 16.2 Å². The van der Waals surface area contributed by atoms with E-state index in [-0.39, 0.29) is 6.10 Å². The van der Waals surface area contributed by atoms with Crippen molar-refractivity contribution in [2.24, 2.45) is 0 Å². The largest absolute Gasteiger partial charge is 0.393 e. The van der Waals surface area contributed by atoms with Crippen molar-refractivity contribution in [2.45, 2.75) is 38.2 Å². The molecule has 0 saturated heterocycles. The number of thiazole rings is 1. The molecular formula is C9H13NOS. The standard InChI is InChI=1S/C9H13NOS/c1-6(11)4-8-5-12-9(10-8)7-2-3-7/h5-7,11H,2-4H2,1H3/t6-/m1/s1. The first-order chi connectivity index (χ1) is 5.75. The number of hydrogen-bond donors (Lipinski definition) is 1. The summed E-state index contributed by atoms with van der Waals surface area (Å²) in [6, 6.07) is 0. The van der Waals surface area contributed by atoms with E-state index in [9.17, 15) is 0 Å². The molecule has 0 spiro atoms. The Morgan fingerprint density at radius 2 is 2.50 bits per heavy atom. The van der Waals surface area contributed by atoms with Gasteiger partial charge in [0.2, 0.25) is 0 Å². The molecule has 0 bridgehead atoms. The van der Waals surface area contributed by atoms with E-state index in [1.54, 1.807) is 18.3 Å². The molecule has 1 aliphatic rings. The van der Waals surface area contributed by atoms with E-state index < -0.39 is 0 Å². The third-order valence-corrected chi connectivity index (χ3v) is 3.06. The predicted octanol–water partition coefficient (Wildman–Crippen LogP) is 1.94. The lowest BCUT2D eigenvalue weighted by molar-refractivity contribution is 0.194. The Morgan fingerprint density at radius 3 is 3.08 bits per heavy atom. The molecule has 1 atom stereocenters. The smallest absolute Gasteiger partial charge is 0.0959 e. The Hall–Kier alpha value is -0.410. The molecule has 0 aliphatic heterocycles. The fourth-order valence-corrected chi connectivity index (χ4v) is 2.24. The number of rotatable bonds is 3. The van der Waals surface area contributed by atoms with Gasteiger partial charge in [-0.1, -0.05) is 0 Å². The Kier molecular flexibility index (Phi) is 2.15. The molecular weight excluding hydrogens is 170 g/mol. The summed E-state index contributed by atoms with van der Waals surface area (Å²) in [5, 5.41) is 12.5. The minimum atomic E-state index is -0.265. The van der Waals surface area contributed by atoms with E-state index in [0.717, 1.165) is 11.6 Å². The van der Waals surface area contributed by atoms with Crippen molar-refractivity contribution >= 4 is 11.3 Å². The zero-order valence-electron chi connectivity index (χ0n) is 7.16. The number of aliphatic hydroxyl groups excluding tert-OH is 1. The summed E-state index contributed by atoms with van der Waals surface area (Å²) >= 11 is 1.74. The van der Waals surface area contributed by atoms with Crippen molar-refractivity contribution in [3.8, 4) is 0 Å². The first kappa shape index (κ1) is 8.20. The Labute approximate surface area is 76.3 Å². The molecule has 1 aliphatic carbocycles. The van der Waals surface area contributed by atoms with Gasteiger partial charge in [-0.15, -0.1) is 11.3 Å². The highest BCUT2D eigenvalue weighted by Crippen LogP contribution is 2.41. The maximum Gasteiger partial charge on any atom is 0.0959 e. The van der Waals surface area contributed by atoms with Crippen LogP contribution in [0.1, 0.15) is 36.4 Å². The van der Waals surface area contributed by atoms with Gasteiger partial charge in [0.1, 0.15) is 0 Å². The quantitative estimate of drug-likeness (QED) is 0.777. The first-order valence-electron chi connectivity index (χ1n) is 4.38. The zero-order valence-corrected chi connectivity index (χ0v) is 7.97. The van der Waals surface area contributed by atoms with Crippen LogP contribution in [0.3, 0.4) is 0 Å². The van der Waals surface area contributed by atoms with Crippen LogP contribution in [0.2, 0.25) is 0 Å². The van der Waals surface area contributed by atoms with Crippen molar-refractivity contribution < 1.29 is 5.11 Å². The summed E-state index contributed by atoms with van der Waals surface area (Å²) in [6.45, 7) is 1.80. The van der Waals surface area contributed by atoms with Gasteiger partial charge in [-0.2, -0.15) is 0 Å². The van der Waals surface area contributed by atoms with Crippen LogP contribution in [0.5, 0.6) is 0 Å². The molecule has 1 fully saturated rings. The lowest BCUT2D eigenvalue weighted by Gasteiger charge is -1.98. The van der Waals surface area contributed by atoms with E-state index in [1.165, 1.54) is 17.8 Å². The highest BCUT2D eigenvalue weighted by atomic mass is 32.1. The van der Waals surface area contributed by atoms with E-state index >= 15 is 0 Å². The van der Waals surface area contributed by atoms with Gasteiger partial charge in [0.25, 0.3) is 0 Å². The summed E-state index contributed by atoms with van der Waals surface area (Å²) in [7, 11) is 0. The monoisotopic (exact) mass is 183 g/mol. The molecule has 66 valence electrons. The lowest BCUT2D eigenvalue weighted by atomic mass is 10.2. The van der Waals surface area contributed by atoms with Crippen molar-refractivity contribution in [3.63, 3.8) is 0 Å². The minimum absolute atomic E-state index is 0.265. The average Bonchev–Trinajstić information content (AvgIpc) is 2.73. The maximum absolute atomic E-state index is 9.13. The van der Waals surface area contributed by atoms with Gasteiger partial charge in [-0.25, -0.2) is 4.98 Å². The zero-order chi connectivity index (χ0) is 8.55. The third kappa shape index (κ3) is 1.84. The minimum Gasteiger partial charge on any atom is -0.393 e. The van der Waals surface area contributed by atoms with E-state index in [1.807, 2.05) is 0 Å². The van der Waals surface area contributed by atoms with E-state index in [2.05, 4.69) is 10.4 Å². The molecule has 1 aromatic heterocycles. The summed E-state index contributed by atoms with van der Waals surface area (Å²) in [5.74, 6) is 0.748. The van der Waals surface area contributed by atoms with Crippen LogP contribution in [-0.2, 0) is 6.42 Å². The molecule has 3 heteroatoms. The molecule has 12 heavy (non-hydrogen) atoms. The van der Waals surface area contributed by atoms with E-state index in [0.29, 0.717) is 6.42 Å². The van der Waals surface area contributed by atoms with Gasteiger partial charge in [0.05, 0.1) is 16.8 Å². The lowest BCUT2D eigenvalue weighted by Crippen LogP contribution is -2.04. The molecule has 0 unspecified atom stereocenters. The van der Waals surface area contributed by atoms with Gasteiger partial charge in [-0.3, -0.25) is 0 Å². The Bertz CT molecular complexity index is 265. The fraction of sp³-hybridized carbons (Fsp3) is 0.667. The topological polar surface area (TPSA) is 33.1 Å². The molecule has 1 heterocycles. The summed E-state index contributed by atoms with van der Waals surface area (Å²) in [5.41, 5.74) is 1.05. The van der Waals surface area contributed by atoms with Crippen molar-refractivity contribution in [1.29, 1.82) is 0 Å². The molecule has 2 rings (SSSR count). The van der Waals surface area contributed by atoms with Crippen LogP contribution < -0.4 is 0 Å². The second-order valence-electron chi connectivity index (χ2n) is 3.50. The Morgan fingerprint density at radius 1 is 1.75 bits per heavy atom. The average molecular weight is 183 g/mol. The van der Waals surface area contributed by atoms with Crippen molar-refractivity contribution in [3.05, 3.63) is 16.1 Å². The van der Waals surface area contributed by atoms with Gasteiger partial charge < -0.3 is 5.11 Å². The number of aliphatic hydroxyl groups is 1. The Balaban J connectivity index is 2.03. The van der Waals surface area contributed by atoms with Crippen LogP contribution >= 0.6 is 11.3 Å². The molecule has 0 aromatic carbocycles. The van der Waals surface area contributed by atoms with Gasteiger partial charge in [-0.05, 0) is 19.8 Å². The second-order valence-corrected chi connectivity index (χ2v) is 4.39. The molecule has 1 N–H and O–H groups in total. The SMILES string of the molecule is C[C@@H](O)Cc1csc(C2CC2)n1. The van der Waals surface area contributed by atoms with Gasteiger partial charge >= 0.3 is 0 Å².